The number of anilines is 2. The number of hydrogen-bond acceptors (Lipinski definition) is 9. The molecule has 0 spiro atoms. The van der Waals surface area contributed by atoms with Gasteiger partial charge in [0.1, 0.15) is 28.2 Å². The number of para-hydroxylation sites is 1. The van der Waals surface area contributed by atoms with Crippen molar-refractivity contribution in [3.63, 3.8) is 0 Å². The van der Waals surface area contributed by atoms with Crippen molar-refractivity contribution in [3.8, 4) is 23.3 Å². The molecule has 11 nitrogen and oxygen atoms in total. The quantitative estimate of drug-likeness (QED) is 0.249. The summed E-state index contributed by atoms with van der Waals surface area (Å²) < 4.78 is 63.5. The molecule has 15 heteroatoms. The molecule has 2 aliphatic rings. The van der Waals surface area contributed by atoms with Crippen molar-refractivity contribution in [1.29, 1.82) is 5.26 Å². The molecule has 2 fully saturated rings. The Morgan fingerprint density at radius 2 is 1.55 bits per heavy atom. The first-order valence-electron chi connectivity index (χ1n) is 14.4. The lowest BCUT2D eigenvalue weighted by Crippen LogP contribution is -2.61. The molecule has 1 N–H and O–H groups in total. The standard InChI is InChI=1S/C32H28F3N7O4S/c1-44-24-12-8-21(9-13-24)31(32(33,34)35)37-30(43)42(23-10-14-25(45-2)15-11-23)28(47-31)26(20-36)27-38-39-29(40-16-18-46-19-17-40)41(27)22-6-4-3-5-7-22/h3-15H,16-19H2,1-2H3,(H,37,43)/b28-26-. The highest BCUT2D eigenvalue weighted by Gasteiger charge is 2.62. The molecule has 242 valence electrons. The summed E-state index contributed by atoms with van der Waals surface area (Å²) in [6.45, 7) is 1.82. The molecule has 2 aliphatic heterocycles. The van der Waals surface area contributed by atoms with Gasteiger partial charge >= 0.3 is 12.2 Å². The molecule has 2 amide bonds. The fourth-order valence-corrected chi connectivity index (χ4v) is 6.62. The zero-order valence-corrected chi connectivity index (χ0v) is 26.0. The summed E-state index contributed by atoms with van der Waals surface area (Å²) >= 11 is 0.285. The number of thioether (sulfide) groups is 1. The van der Waals surface area contributed by atoms with E-state index in [1.54, 1.807) is 41.0 Å². The van der Waals surface area contributed by atoms with E-state index in [2.05, 4.69) is 21.6 Å². The molecular formula is C32H28F3N7O4S. The minimum Gasteiger partial charge on any atom is -0.497 e. The summed E-state index contributed by atoms with van der Waals surface area (Å²) in [6.07, 6.45) is -5.02. The Balaban J connectivity index is 1.62. The Bertz CT molecular complexity index is 1820. The number of rotatable bonds is 7. The minimum absolute atomic E-state index is 0.0401. The molecule has 0 aliphatic carbocycles. The second kappa shape index (κ2) is 12.9. The number of carbonyl (C=O) groups is 1. The molecule has 3 aromatic carbocycles. The van der Waals surface area contributed by atoms with Crippen LogP contribution in [0.25, 0.3) is 11.3 Å². The largest absolute Gasteiger partial charge is 0.497 e. The van der Waals surface area contributed by atoms with Crippen LogP contribution < -0.4 is 24.6 Å². The van der Waals surface area contributed by atoms with Gasteiger partial charge in [0.2, 0.25) is 10.8 Å². The number of nitrogens with zero attached hydrogens (tertiary/aromatic N) is 6. The molecule has 0 bridgehead atoms. The number of alkyl halides is 3. The fraction of sp³-hybridized carbons (Fsp3) is 0.250. The molecule has 0 radical (unpaired) electrons. The van der Waals surface area contributed by atoms with Gasteiger partial charge in [-0.25, -0.2) is 4.79 Å². The third-order valence-corrected chi connectivity index (χ3v) is 9.12. The van der Waals surface area contributed by atoms with Crippen molar-refractivity contribution in [2.24, 2.45) is 0 Å². The van der Waals surface area contributed by atoms with Crippen LogP contribution in [-0.2, 0) is 9.61 Å². The monoisotopic (exact) mass is 663 g/mol. The predicted molar refractivity (Wildman–Crippen MR) is 169 cm³/mol. The number of nitrogens with one attached hydrogen (secondary N) is 1. The Labute approximate surface area is 272 Å². The van der Waals surface area contributed by atoms with Crippen molar-refractivity contribution in [1.82, 2.24) is 20.1 Å². The lowest BCUT2D eigenvalue weighted by molar-refractivity contribution is -0.167. The summed E-state index contributed by atoms with van der Waals surface area (Å²) in [6, 6.07) is 21.3. The summed E-state index contributed by atoms with van der Waals surface area (Å²) in [4.78, 5) is 14.0. The average Bonchev–Trinajstić information content (AvgIpc) is 3.53. The highest BCUT2D eigenvalue weighted by Crippen LogP contribution is 2.55. The van der Waals surface area contributed by atoms with Crippen molar-refractivity contribution < 1.29 is 32.2 Å². The molecule has 0 saturated carbocycles. The lowest BCUT2D eigenvalue weighted by Gasteiger charge is -2.44. The molecule has 4 aromatic rings. The van der Waals surface area contributed by atoms with Gasteiger partial charge in [-0.05, 0) is 54.1 Å². The average molecular weight is 664 g/mol. The van der Waals surface area contributed by atoms with E-state index in [-0.39, 0.29) is 39.4 Å². The maximum Gasteiger partial charge on any atom is 0.425 e. The second-order valence-corrected chi connectivity index (χ2v) is 11.6. The first kappa shape index (κ1) is 31.8. The second-order valence-electron chi connectivity index (χ2n) is 10.4. The number of halogens is 3. The number of methoxy groups -OCH3 is 2. The number of nitriles is 1. The number of benzene rings is 3. The number of morpholine rings is 1. The van der Waals surface area contributed by atoms with Crippen LogP contribution in [0, 0.1) is 11.3 Å². The van der Waals surface area contributed by atoms with Crippen LogP contribution in [0.1, 0.15) is 11.4 Å². The van der Waals surface area contributed by atoms with Crippen molar-refractivity contribution in [3.05, 3.63) is 95.3 Å². The summed E-state index contributed by atoms with van der Waals surface area (Å²) in [5.74, 6) is 1.13. The normalized spacial score (nSPS) is 19.5. The van der Waals surface area contributed by atoms with Gasteiger partial charge in [-0.1, -0.05) is 42.1 Å². The minimum atomic E-state index is -5.02. The molecule has 2 saturated heterocycles. The Morgan fingerprint density at radius 1 is 0.936 bits per heavy atom. The molecule has 1 atom stereocenters. The SMILES string of the molecule is COc1ccc(N2C(=O)NC(c3ccc(OC)cc3)(C(F)(F)F)S/C2=C(/C#N)c2nnc(N3CCOCC3)n2-c2ccccc2)cc1. The lowest BCUT2D eigenvalue weighted by atomic mass is 10.1. The van der Waals surface area contributed by atoms with Crippen LogP contribution in [0.5, 0.6) is 11.5 Å². The van der Waals surface area contributed by atoms with Crippen molar-refractivity contribution in [2.45, 2.75) is 11.0 Å². The van der Waals surface area contributed by atoms with E-state index in [0.29, 0.717) is 49.4 Å². The van der Waals surface area contributed by atoms with E-state index in [1.165, 1.54) is 50.6 Å². The molecular weight excluding hydrogens is 635 g/mol. The van der Waals surface area contributed by atoms with E-state index < -0.39 is 17.1 Å². The number of aromatic nitrogens is 3. The molecule has 47 heavy (non-hydrogen) atoms. The van der Waals surface area contributed by atoms with E-state index in [9.17, 15) is 10.1 Å². The highest BCUT2D eigenvalue weighted by molar-refractivity contribution is 8.04. The molecule has 6 rings (SSSR count). The van der Waals surface area contributed by atoms with Crippen LogP contribution in [0.15, 0.2) is 83.9 Å². The molecule has 1 aromatic heterocycles. The van der Waals surface area contributed by atoms with Gasteiger partial charge in [0.15, 0.2) is 5.82 Å². The number of urea groups is 1. The third kappa shape index (κ3) is 5.81. The van der Waals surface area contributed by atoms with Crippen molar-refractivity contribution >= 4 is 35.0 Å². The summed E-state index contributed by atoms with van der Waals surface area (Å²) in [5, 5.41) is 21.4. The maximum atomic E-state index is 15.3. The zero-order valence-electron chi connectivity index (χ0n) is 25.2. The van der Waals surface area contributed by atoms with E-state index in [1.807, 2.05) is 11.0 Å². The van der Waals surface area contributed by atoms with Gasteiger partial charge in [0.25, 0.3) is 0 Å². The van der Waals surface area contributed by atoms with Crippen LogP contribution >= 0.6 is 11.8 Å². The number of hydrogen-bond donors (Lipinski definition) is 1. The Kier molecular flexibility index (Phi) is 8.71. The van der Waals surface area contributed by atoms with Crippen LogP contribution in [0.3, 0.4) is 0 Å². The van der Waals surface area contributed by atoms with Crippen LogP contribution in [0.2, 0.25) is 0 Å². The number of ether oxygens (including phenoxy) is 3. The van der Waals surface area contributed by atoms with Crippen LogP contribution in [-0.4, -0.2) is 67.5 Å². The number of carbonyl (C=O) groups excluding carboxylic acids is 1. The van der Waals surface area contributed by atoms with Crippen LogP contribution in [0.4, 0.5) is 29.6 Å². The van der Waals surface area contributed by atoms with E-state index in [0.717, 1.165) is 4.90 Å². The smallest absolute Gasteiger partial charge is 0.425 e. The highest BCUT2D eigenvalue weighted by atomic mass is 32.2. The van der Waals surface area contributed by atoms with Gasteiger partial charge in [0, 0.05) is 13.1 Å². The van der Waals surface area contributed by atoms with Crippen molar-refractivity contribution in [2.75, 3.05) is 50.3 Å². The Hall–Kier alpha value is -5.20. The zero-order chi connectivity index (χ0) is 33.2. The van der Waals surface area contributed by atoms with Gasteiger partial charge in [-0.15, -0.1) is 10.2 Å². The van der Waals surface area contributed by atoms with E-state index in [4.69, 9.17) is 14.2 Å². The van der Waals surface area contributed by atoms with Gasteiger partial charge in [0.05, 0.1) is 38.8 Å². The fourth-order valence-electron chi connectivity index (χ4n) is 5.31. The summed E-state index contributed by atoms with van der Waals surface area (Å²) in [5.41, 5.74) is 0.203. The molecule has 1 unspecified atom stereocenters. The predicted octanol–water partition coefficient (Wildman–Crippen LogP) is 5.69. The first-order valence-corrected chi connectivity index (χ1v) is 15.2. The topological polar surface area (TPSA) is 118 Å². The van der Waals surface area contributed by atoms with Gasteiger partial charge < -0.3 is 24.4 Å². The number of amides is 2. The Morgan fingerprint density at radius 3 is 2.13 bits per heavy atom. The maximum absolute atomic E-state index is 15.3. The molecule has 3 heterocycles. The third-order valence-electron chi connectivity index (χ3n) is 7.67. The van der Waals surface area contributed by atoms with E-state index >= 15 is 13.2 Å². The summed E-state index contributed by atoms with van der Waals surface area (Å²) in [7, 11) is 2.86. The number of allylic oxidation sites excluding steroid dienone is 1. The van der Waals surface area contributed by atoms with Gasteiger partial charge in [-0.3, -0.25) is 9.47 Å². The first-order chi connectivity index (χ1) is 22.7. The van der Waals surface area contributed by atoms with Gasteiger partial charge in [-0.2, -0.15) is 18.4 Å².